The second-order valence-corrected chi connectivity index (χ2v) is 6.51. The van der Waals surface area contributed by atoms with E-state index in [9.17, 15) is 14.7 Å². The van der Waals surface area contributed by atoms with E-state index < -0.39 is 35.6 Å². The molecule has 1 fully saturated rings. The van der Waals surface area contributed by atoms with Gasteiger partial charge in [0.25, 0.3) is 0 Å². The number of aliphatic hydroxyl groups excluding tert-OH is 1. The summed E-state index contributed by atoms with van der Waals surface area (Å²) in [5.41, 5.74) is 1.66. The van der Waals surface area contributed by atoms with Gasteiger partial charge in [-0.2, -0.15) is 0 Å². The van der Waals surface area contributed by atoms with E-state index in [1.807, 2.05) is 60.7 Å². The Morgan fingerprint density at radius 1 is 0.846 bits per heavy atom. The van der Waals surface area contributed by atoms with E-state index in [4.69, 9.17) is 9.84 Å². The summed E-state index contributed by atoms with van der Waals surface area (Å²) >= 11 is 0. The predicted molar refractivity (Wildman–Crippen MR) is 95.6 cm³/mol. The topological polar surface area (TPSA) is 83.8 Å². The van der Waals surface area contributed by atoms with Crippen molar-refractivity contribution in [2.45, 2.75) is 18.3 Å². The molecule has 0 spiro atoms. The Labute approximate surface area is 152 Å². The number of carboxylic acids is 1. The minimum Gasteiger partial charge on any atom is -0.481 e. The minimum absolute atomic E-state index is 0.0556. The summed E-state index contributed by atoms with van der Waals surface area (Å²) in [7, 11) is 0. The molecular weight excluding hydrogens is 332 g/mol. The maximum atomic E-state index is 12.7. The third-order valence-electron chi connectivity index (χ3n) is 5.02. The molecule has 0 aliphatic heterocycles. The molecule has 2 aromatic carbocycles. The van der Waals surface area contributed by atoms with Crippen molar-refractivity contribution in [1.82, 2.24) is 0 Å². The zero-order valence-corrected chi connectivity index (χ0v) is 14.3. The molecule has 1 aliphatic carbocycles. The van der Waals surface area contributed by atoms with Gasteiger partial charge in [0.2, 0.25) is 0 Å². The van der Waals surface area contributed by atoms with Crippen LogP contribution in [0.15, 0.2) is 60.7 Å². The number of carboxylic acid groups (broad SMARTS) is 1. The van der Waals surface area contributed by atoms with E-state index in [1.165, 1.54) is 0 Å². The lowest BCUT2D eigenvalue weighted by Crippen LogP contribution is -2.51. The summed E-state index contributed by atoms with van der Waals surface area (Å²) in [6.45, 7) is 0.0759. The van der Waals surface area contributed by atoms with Gasteiger partial charge in [0.15, 0.2) is 0 Å². The monoisotopic (exact) mass is 354 g/mol. The first-order valence-electron chi connectivity index (χ1n) is 8.75. The van der Waals surface area contributed by atoms with Gasteiger partial charge in [-0.05, 0) is 11.1 Å². The highest BCUT2D eigenvalue weighted by molar-refractivity contribution is 5.84. The fraction of sp³-hybridized carbons (Fsp3) is 0.333. The summed E-state index contributed by atoms with van der Waals surface area (Å²) < 4.78 is 5.33. The van der Waals surface area contributed by atoms with Gasteiger partial charge in [0.05, 0.1) is 18.4 Å². The van der Waals surface area contributed by atoms with E-state index >= 15 is 0 Å². The van der Waals surface area contributed by atoms with Crippen molar-refractivity contribution in [1.29, 1.82) is 0 Å². The molecule has 2 aromatic rings. The van der Waals surface area contributed by atoms with Gasteiger partial charge in [-0.25, -0.2) is 0 Å². The second-order valence-electron chi connectivity index (χ2n) is 6.51. The summed E-state index contributed by atoms with van der Waals surface area (Å²) in [6, 6.07) is 18.5. The van der Waals surface area contributed by atoms with Crippen molar-refractivity contribution in [3.63, 3.8) is 0 Å². The Balaban J connectivity index is 1.95. The van der Waals surface area contributed by atoms with Crippen LogP contribution in [0.25, 0.3) is 0 Å². The highest BCUT2D eigenvalue weighted by Crippen LogP contribution is 2.57. The highest BCUT2D eigenvalue weighted by Gasteiger charge is 2.59. The summed E-state index contributed by atoms with van der Waals surface area (Å²) in [5, 5.41) is 18.7. The lowest BCUT2D eigenvalue weighted by molar-refractivity contribution is -0.164. The van der Waals surface area contributed by atoms with E-state index in [-0.39, 0.29) is 13.2 Å². The number of hydrogen-bond acceptors (Lipinski definition) is 4. The van der Waals surface area contributed by atoms with E-state index in [2.05, 4.69) is 0 Å². The molecule has 0 aromatic heterocycles. The highest BCUT2D eigenvalue weighted by atomic mass is 16.5. The molecular formula is C21H22O5. The number of aliphatic carboxylic acids is 1. The Kier molecular flexibility index (Phi) is 5.68. The fourth-order valence-electron chi connectivity index (χ4n) is 3.86. The average molecular weight is 354 g/mol. The number of benzene rings is 2. The molecule has 0 radical (unpaired) electrons. The van der Waals surface area contributed by atoms with Crippen LogP contribution in [0.4, 0.5) is 0 Å². The lowest BCUT2D eigenvalue weighted by Gasteiger charge is -2.49. The Bertz CT molecular complexity index is 696. The van der Waals surface area contributed by atoms with Gasteiger partial charge in [-0.15, -0.1) is 0 Å². The summed E-state index contributed by atoms with van der Waals surface area (Å²) in [6.07, 6.45) is 0.368. The first kappa shape index (κ1) is 18.1. The standard InChI is InChI=1S/C21H22O5/c22-12-7-13-26-21(25)19-16(14-8-3-1-4-9-14)18(20(23)24)17(19)15-10-5-2-6-11-15/h1-6,8-11,16-19,22H,7,12-13H2,(H,23,24)/t16-,17+,18?,19?. The number of esters is 1. The van der Waals surface area contributed by atoms with Crippen LogP contribution in [-0.4, -0.2) is 35.4 Å². The van der Waals surface area contributed by atoms with Crippen LogP contribution < -0.4 is 0 Å². The number of carbonyl (C=O) groups is 2. The lowest BCUT2D eigenvalue weighted by atomic mass is 9.52. The van der Waals surface area contributed by atoms with Crippen LogP contribution in [-0.2, 0) is 14.3 Å². The molecule has 136 valence electrons. The van der Waals surface area contributed by atoms with Crippen molar-refractivity contribution in [3.05, 3.63) is 71.8 Å². The van der Waals surface area contributed by atoms with Gasteiger partial charge in [-0.3, -0.25) is 9.59 Å². The van der Waals surface area contributed by atoms with Crippen LogP contribution in [0.3, 0.4) is 0 Å². The fourth-order valence-corrected chi connectivity index (χ4v) is 3.86. The second kappa shape index (κ2) is 8.15. The van der Waals surface area contributed by atoms with Gasteiger partial charge in [0, 0.05) is 24.9 Å². The number of carbonyl (C=O) groups excluding carboxylic acids is 1. The van der Waals surface area contributed by atoms with Gasteiger partial charge in [-0.1, -0.05) is 60.7 Å². The molecule has 2 unspecified atom stereocenters. The molecule has 5 heteroatoms. The maximum Gasteiger partial charge on any atom is 0.310 e. The molecule has 2 N–H and O–H groups in total. The Hall–Kier alpha value is -2.66. The quantitative estimate of drug-likeness (QED) is 0.590. The largest absolute Gasteiger partial charge is 0.481 e. The third-order valence-corrected chi connectivity index (χ3v) is 5.02. The molecule has 0 bridgehead atoms. The van der Waals surface area contributed by atoms with Gasteiger partial charge in [0.1, 0.15) is 0 Å². The van der Waals surface area contributed by atoms with Crippen molar-refractivity contribution < 1.29 is 24.5 Å². The molecule has 0 heterocycles. The Morgan fingerprint density at radius 2 is 1.35 bits per heavy atom. The molecule has 26 heavy (non-hydrogen) atoms. The first-order chi connectivity index (χ1) is 12.6. The predicted octanol–water partition coefficient (Wildman–Crippen LogP) is 2.81. The first-order valence-corrected chi connectivity index (χ1v) is 8.75. The van der Waals surface area contributed by atoms with Crippen molar-refractivity contribution in [3.8, 4) is 0 Å². The molecule has 1 saturated carbocycles. The zero-order chi connectivity index (χ0) is 18.5. The van der Waals surface area contributed by atoms with Crippen LogP contribution in [0.2, 0.25) is 0 Å². The molecule has 1 aliphatic rings. The van der Waals surface area contributed by atoms with E-state index in [1.54, 1.807) is 0 Å². The van der Waals surface area contributed by atoms with Crippen molar-refractivity contribution in [2.75, 3.05) is 13.2 Å². The molecule has 4 atom stereocenters. The van der Waals surface area contributed by atoms with E-state index in [0.29, 0.717) is 6.42 Å². The van der Waals surface area contributed by atoms with Gasteiger partial charge >= 0.3 is 11.9 Å². The maximum absolute atomic E-state index is 12.7. The number of ether oxygens (including phenoxy) is 1. The summed E-state index contributed by atoms with van der Waals surface area (Å²) in [4.78, 5) is 24.7. The van der Waals surface area contributed by atoms with Crippen molar-refractivity contribution >= 4 is 11.9 Å². The number of aliphatic hydroxyl groups is 1. The van der Waals surface area contributed by atoms with Crippen LogP contribution in [0.1, 0.15) is 29.4 Å². The smallest absolute Gasteiger partial charge is 0.310 e. The van der Waals surface area contributed by atoms with Crippen molar-refractivity contribution in [2.24, 2.45) is 11.8 Å². The summed E-state index contributed by atoms with van der Waals surface area (Å²) in [5.74, 6) is -3.42. The zero-order valence-electron chi connectivity index (χ0n) is 14.3. The number of hydrogen-bond donors (Lipinski definition) is 2. The van der Waals surface area contributed by atoms with Crippen LogP contribution in [0.5, 0.6) is 0 Å². The molecule has 0 saturated heterocycles. The Morgan fingerprint density at radius 3 is 1.77 bits per heavy atom. The third kappa shape index (κ3) is 3.48. The number of rotatable bonds is 7. The van der Waals surface area contributed by atoms with Crippen LogP contribution in [0, 0.1) is 11.8 Å². The SMILES string of the molecule is O=C(O)C1[C@@H](c2ccccc2)C(C(=O)OCCCO)[C@H]1c1ccccc1. The molecule has 0 amide bonds. The van der Waals surface area contributed by atoms with E-state index in [0.717, 1.165) is 11.1 Å². The minimum atomic E-state index is -0.910. The normalized spacial score (nSPS) is 24.5. The molecule has 5 nitrogen and oxygen atoms in total. The average Bonchev–Trinajstić information content (AvgIpc) is 2.62. The van der Waals surface area contributed by atoms with Gasteiger partial charge < -0.3 is 14.9 Å². The molecule has 3 rings (SSSR count). The van der Waals surface area contributed by atoms with Crippen LogP contribution >= 0.6 is 0 Å².